The number of benzene rings is 1. The first-order chi connectivity index (χ1) is 14.1. The van der Waals surface area contributed by atoms with Gasteiger partial charge >= 0.3 is 0 Å². The minimum atomic E-state index is -0.415. The highest BCUT2D eigenvalue weighted by Gasteiger charge is 2.18. The maximum absolute atomic E-state index is 13.3. The Bertz CT molecular complexity index is 1230. The van der Waals surface area contributed by atoms with E-state index in [-0.39, 0.29) is 17.2 Å². The van der Waals surface area contributed by atoms with Gasteiger partial charge in [0, 0.05) is 28.1 Å². The minimum Gasteiger partial charge on any atom is -0.325 e. The number of nitrogens with zero attached hydrogens (tertiary/aromatic N) is 2. The zero-order valence-electron chi connectivity index (χ0n) is 15.3. The summed E-state index contributed by atoms with van der Waals surface area (Å²) in [6.45, 7) is 2.33. The second-order valence-corrected chi connectivity index (χ2v) is 8.85. The summed E-state index contributed by atoms with van der Waals surface area (Å²) >= 11 is 4.20. The fourth-order valence-electron chi connectivity index (χ4n) is 2.90. The summed E-state index contributed by atoms with van der Waals surface area (Å²) in [4.78, 5) is 31.7. The molecule has 0 radical (unpaired) electrons. The SMILES string of the molecule is CCn1c(SCC(=O)Nc2cccc(F)c2)nc2scc(-c3cccs3)c2c1=O. The van der Waals surface area contributed by atoms with Gasteiger partial charge in [-0.15, -0.1) is 22.7 Å². The van der Waals surface area contributed by atoms with Crippen molar-refractivity contribution in [3.8, 4) is 10.4 Å². The van der Waals surface area contributed by atoms with Crippen LogP contribution < -0.4 is 10.9 Å². The lowest BCUT2D eigenvalue weighted by atomic mass is 10.2. The van der Waals surface area contributed by atoms with E-state index < -0.39 is 5.82 Å². The molecule has 4 rings (SSSR count). The van der Waals surface area contributed by atoms with Crippen molar-refractivity contribution in [2.24, 2.45) is 0 Å². The average Bonchev–Trinajstić information content (AvgIpc) is 3.36. The molecule has 5 nitrogen and oxygen atoms in total. The fourth-order valence-corrected chi connectivity index (χ4v) is 5.57. The molecule has 0 fully saturated rings. The van der Waals surface area contributed by atoms with E-state index in [1.54, 1.807) is 22.0 Å². The third-order valence-corrected chi connectivity index (χ3v) is 6.95. The Hall–Kier alpha value is -2.49. The number of amides is 1. The molecule has 29 heavy (non-hydrogen) atoms. The number of aromatic nitrogens is 2. The van der Waals surface area contributed by atoms with Gasteiger partial charge in [-0.25, -0.2) is 9.37 Å². The van der Waals surface area contributed by atoms with E-state index in [9.17, 15) is 14.0 Å². The van der Waals surface area contributed by atoms with Crippen molar-refractivity contribution in [3.05, 3.63) is 63.3 Å². The van der Waals surface area contributed by atoms with Crippen molar-refractivity contribution < 1.29 is 9.18 Å². The predicted molar refractivity (Wildman–Crippen MR) is 119 cm³/mol. The number of carbonyl (C=O) groups is 1. The van der Waals surface area contributed by atoms with Gasteiger partial charge in [0.25, 0.3) is 5.56 Å². The van der Waals surface area contributed by atoms with Crippen LogP contribution in [0.5, 0.6) is 0 Å². The van der Waals surface area contributed by atoms with Crippen LogP contribution in [-0.2, 0) is 11.3 Å². The average molecular weight is 446 g/mol. The molecule has 0 aliphatic carbocycles. The van der Waals surface area contributed by atoms with Crippen LogP contribution in [-0.4, -0.2) is 21.2 Å². The highest BCUT2D eigenvalue weighted by atomic mass is 32.2. The Morgan fingerprint density at radius 2 is 2.14 bits per heavy atom. The van der Waals surface area contributed by atoms with Crippen molar-refractivity contribution in [3.63, 3.8) is 0 Å². The molecule has 4 aromatic rings. The molecule has 0 aliphatic rings. The molecule has 0 atom stereocenters. The maximum Gasteiger partial charge on any atom is 0.263 e. The first-order valence-corrected chi connectivity index (χ1v) is 11.6. The number of carbonyl (C=O) groups excluding carboxylic acids is 1. The number of rotatable bonds is 6. The van der Waals surface area contributed by atoms with E-state index in [0.29, 0.717) is 27.6 Å². The summed E-state index contributed by atoms with van der Waals surface area (Å²) in [7, 11) is 0. The standard InChI is InChI=1S/C20H16FN3O2S3/c1-2-24-19(26)17-14(15-7-4-8-27-15)10-28-18(17)23-20(24)29-11-16(25)22-13-6-3-5-12(21)9-13/h3-10H,2,11H2,1H3,(H,22,25). The van der Waals surface area contributed by atoms with Gasteiger partial charge in [0.15, 0.2) is 5.16 Å². The summed E-state index contributed by atoms with van der Waals surface area (Å²) in [6, 6.07) is 9.67. The Kier molecular flexibility index (Phi) is 5.79. The third kappa shape index (κ3) is 4.12. The van der Waals surface area contributed by atoms with Crippen LogP contribution in [0.3, 0.4) is 0 Å². The van der Waals surface area contributed by atoms with Crippen LogP contribution in [0.2, 0.25) is 0 Å². The summed E-state index contributed by atoms with van der Waals surface area (Å²) in [6.07, 6.45) is 0. The van der Waals surface area contributed by atoms with Gasteiger partial charge in [-0.05, 0) is 36.6 Å². The van der Waals surface area contributed by atoms with Crippen LogP contribution in [0.25, 0.3) is 20.7 Å². The number of fused-ring (bicyclic) bond motifs is 1. The number of halogens is 1. The van der Waals surface area contributed by atoms with E-state index in [2.05, 4.69) is 10.3 Å². The number of hydrogen-bond donors (Lipinski definition) is 1. The van der Waals surface area contributed by atoms with Crippen LogP contribution in [0.4, 0.5) is 10.1 Å². The van der Waals surface area contributed by atoms with Crippen molar-refractivity contribution in [1.82, 2.24) is 9.55 Å². The molecule has 0 spiro atoms. The van der Waals surface area contributed by atoms with Crippen molar-refractivity contribution >= 4 is 56.2 Å². The lowest BCUT2D eigenvalue weighted by molar-refractivity contribution is -0.113. The van der Waals surface area contributed by atoms with Gasteiger partial charge in [-0.3, -0.25) is 14.2 Å². The summed E-state index contributed by atoms with van der Waals surface area (Å²) < 4.78 is 14.9. The number of thiophene rings is 2. The van der Waals surface area contributed by atoms with Gasteiger partial charge in [0.1, 0.15) is 10.6 Å². The first-order valence-electron chi connectivity index (χ1n) is 8.81. The van der Waals surface area contributed by atoms with Gasteiger partial charge in [0.05, 0.1) is 11.1 Å². The molecule has 0 aliphatic heterocycles. The van der Waals surface area contributed by atoms with Crippen molar-refractivity contribution in [2.75, 3.05) is 11.1 Å². The molecule has 0 saturated carbocycles. The minimum absolute atomic E-state index is 0.0671. The smallest absolute Gasteiger partial charge is 0.263 e. The van der Waals surface area contributed by atoms with Crippen LogP contribution in [0.1, 0.15) is 6.92 Å². The Balaban J connectivity index is 1.59. The third-order valence-electron chi connectivity index (χ3n) is 4.20. The second-order valence-electron chi connectivity index (χ2n) is 6.10. The Morgan fingerprint density at radius 3 is 2.86 bits per heavy atom. The molecular formula is C20H16FN3O2S3. The Morgan fingerprint density at radius 1 is 1.28 bits per heavy atom. The molecular weight excluding hydrogens is 429 g/mol. The molecule has 1 amide bonds. The molecule has 9 heteroatoms. The molecule has 3 heterocycles. The number of hydrogen-bond acceptors (Lipinski definition) is 6. The number of nitrogens with one attached hydrogen (secondary N) is 1. The van der Waals surface area contributed by atoms with Crippen molar-refractivity contribution in [2.45, 2.75) is 18.6 Å². The molecule has 0 saturated heterocycles. The van der Waals surface area contributed by atoms with Crippen LogP contribution in [0, 0.1) is 5.82 Å². The molecule has 1 N–H and O–H groups in total. The molecule has 1 aromatic carbocycles. The van der Waals surface area contributed by atoms with E-state index in [4.69, 9.17) is 0 Å². The monoisotopic (exact) mass is 445 g/mol. The van der Waals surface area contributed by atoms with Gasteiger partial charge in [-0.1, -0.05) is 23.9 Å². The lowest BCUT2D eigenvalue weighted by Gasteiger charge is -2.10. The topological polar surface area (TPSA) is 64.0 Å². The van der Waals surface area contributed by atoms with Gasteiger partial charge in [0.2, 0.25) is 5.91 Å². The van der Waals surface area contributed by atoms with E-state index in [0.717, 1.165) is 10.4 Å². The van der Waals surface area contributed by atoms with E-state index in [1.165, 1.54) is 41.3 Å². The van der Waals surface area contributed by atoms with Gasteiger partial charge < -0.3 is 5.32 Å². The number of thioether (sulfide) groups is 1. The largest absolute Gasteiger partial charge is 0.325 e. The van der Waals surface area contributed by atoms with Crippen molar-refractivity contribution in [1.29, 1.82) is 0 Å². The quantitative estimate of drug-likeness (QED) is 0.332. The van der Waals surface area contributed by atoms with E-state index >= 15 is 0 Å². The summed E-state index contributed by atoms with van der Waals surface area (Å²) in [5.41, 5.74) is 1.20. The molecule has 3 aromatic heterocycles. The highest BCUT2D eigenvalue weighted by molar-refractivity contribution is 7.99. The predicted octanol–water partition coefficient (Wildman–Crippen LogP) is 5.08. The zero-order chi connectivity index (χ0) is 20.4. The second kappa shape index (κ2) is 8.48. The summed E-state index contributed by atoms with van der Waals surface area (Å²) in [5.74, 6) is -0.637. The fraction of sp³-hybridized carbons (Fsp3) is 0.150. The zero-order valence-corrected chi connectivity index (χ0v) is 17.8. The van der Waals surface area contributed by atoms with Crippen LogP contribution >= 0.6 is 34.4 Å². The highest BCUT2D eigenvalue weighted by Crippen LogP contribution is 2.34. The lowest BCUT2D eigenvalue weighted by Crippen LogP contribution is -2.23. The van der Waals surface area contributed by atoms with Crippen LogP contribution in [0.15, 0.2) is 57.1 Å². The maximum atomic E-state index is 13.3. The molecule has 0 unspecified atom stereocenters. The summed E-state index contributed by atoms with van der Waals surface area (Å²) in [5, 5.41) is 7.70. The molecule has 0 bridgehead atoms. The van der Waals surface area contributed by atoms with Gasteiger partial charge in [-0.2, -0.15) is 0 Å². The normalized spacial score (nSPS) is 11.1. The number of anilines is 1. The van der Waals surface area contributed by atoms with E-state index in [1.807, 2.05) is 29.8 Å². The first kappa shape index (κ1) is 19.8. The Labute approximate surface area is 178 Å². The molecule has 148 valence electrons.